The fourth-order valence-corrected chi connectivity index (χ4v) is 7.14. The molecule has 0 amide bonds. The number of sulfonamides is 1. The standard InChI is InChI=1S/C18H23F2NO2S/c1-11(18-8-12-4-13(9-18)6-14(5-12)10-18)21-24(22,23)15-2-3-16(19)17(20)7-15/h2-3,7,11-14,21H,4-6,8-10H2,1H3/t11-,12?,13?,14?,18?/m0/s1. The van der Waals surface area contributed by atoms with E-state index in [9.17, 15) is 17.2 Å². The number of hydrogen-bond acceptors (Lipinski definition) is 2. The zero-order chi connectivity index (χ0) is 17.1. The van der Waals surface area contributed by atoms with E-state index in [4.69, 9.17) is 0 Å². The van der Waals surface area contributed by atoms with Gasteiger partial charge in [0.25, 0.3) is 0 Å². The van der Waals surface area contributed by atoms with Crippen molar-refractivity contribution in [2.24, 2.45) is 23.2 Å². The van der Waals surface area contributed by atoms with Crippen LogP contribution in [0.3, 0.4) is 0 Å². The predicted octanol–water partition coefficient (Wildman–Crippen LogP) is 3.85. The second-order valence-corrected chi connectivity index (χ2v) is 9.91. The number of hydrogen-bond donors (Lipinski definition) is 1. The van der Waals surface area contributed by atoms with Crippen molar-refractivity contribution in [2.45, 2.75) is 56.4 Å². The molecule has 0 aromatic heterocycles. The Kier molecular flexibility index (Phi) is 3.77. The summed E-state index contributed by atoms with van der Waals surface area (Å²) in [6.45, 7) is 1.94. The van der Waals surface area contributed by atoms with Crippen LogP contribution in [0.2, 0.25) is 0 Å². The molecule has 4 saturated carbocycles. The Bertz CT molecular complexity index is 727. The summed E-state index contributed by atoms with van der Waals surface area (Å²) < 4.78 is 54.4. The predicted molar refractivity (Wildman–Crippen MR) is 86.7 cm³/mol. The van der Waals surface area contributed by atoms with Gasteiger partial charge in [-0.05, 0) is 86.8 Å². The molecule has 4 aliphatic rings. The molecule has 4 fully saturated rings. The molecule has 1 aromatic rings. The molecule has 0 spiro atoms. The van der Waals surface area contributed by atoms with Gasteiger partial charge in [0.15, 0.2) is 11.6 Å². The summed E-state index contributed by atoms with van der Waals surface area (Å²) in [5, 5.41) is 0. The largest absolute Gasteiger partial charge is 0.240 e. The van der Waals surface area contributed by atoms with Crippen molar-refractivity contribution in [3.05, 3.63) is 29.8 Å². The van der Waals surface area contributed by atoms with Gasteiger partial charge in [-0.25, -0.2) is 21.9 Å². The monoisotopic (exact) mass is 355 g/mol. The maximum atomic E-state index is 13.4. The SMILES string of the molecule is C[C@H](NS(=O)(=O)c1ccc(F)c(F)c1)C12CC3CC(CC(C3)C1)C2. The first-order valence-electron chi connectivity index (χ1n) is 8.75. The van der Waals surface area contributed by atoms with Crippen molar-refractivity contribution < 1.29 is 17.2 Å². The van der Waals surface area contributed by atoms with E-state index in [2.05, 4.69) is 4.72 Å². The molecule has 0 aliphatic heterocycles. The zero-order valence-electron chi connectivity index (χ0n) is 13.8. The average Bonchev–Trinajstić information content (AvgIpc) is 2.48. The van der Waals surface area contributed by atoms with Gasteiger partial charge in [-0.1, -0.05) is 0 Å². The minimum atomic E-state index is -3.85. The normalized spacial score (nSPS) is 36.0. The third kappa shape index (κ3) is 2.68. The molecule has 1 N–H and O–H groups in total. The molecular formula is C18H23F2NO2S. The molecule has 24 heavy (non-hydrogen) atoms. The van der Waals surface area contributed by atoms with Crippen molar-refractivity contribution in [3.8, 4) is 0 Å². The lowest BCUT2D eigenvalue weighted by Gasteiger charge is -2.59. The van der Waals surface area contributed by atoms with Crippen LogP contribution in [-0.4, -0.2) is 14.5 Å². The highest BCUT2D eigenvalue weighted by Crippen LogP contribution is 2.61. The first kappa shape index (κ1) is 16.5. The second-order valence-electron chi connectivity index (χ2n) is 8.20. The molecule has 1 atom stereocenters. The van der Waals surface area contributed by atoms with Crippen molar-refractivity contribution in [3.63, 3.8) is 0 Å². The van der Waals surface area contributed by atoms with Gasteiger partial charge in [0.05, 0.1) is 4.90 Å². The molecule has 1 aromatic carbocycles. The van der Waals surface area contributed by atoms with Gasteiger partial charge in [-0.15, -0.1) is 0 Å². The summed E-state index contributed by atoms with van der Waals surface area (Å²) >= 11 is 0. The number of halogens is 2. The highest BCUT2D eigenvalue weighted by molar-refractivity contribution is 7.89. The van der Waals surface area contributed by atoms with E-state index in [-0.39, 0.29) is 16.4 Å². The Labute approximate surface area is 141 Å². The van der Waals surface area contributed by atoms with E-state index in [1.54, 1.807) is 0 Å². The summed E-state index contributed by atoms with van der Waals surface area (Å²) in [7, 11) is -3.85. The van der Waals surface area contributed by atoms with Crippen LogP contribution in [0.1, 0.15) is 45.4 Å². The van der Waals surface area contributed by atoms with Crippen LogP contribution >= 0.6 is 0 Å². The Morgan fingerprint density at radius 1 is 1.04 bits per heavy atom. The number of rotatable bonds is 4. The summed E-state index contributed by atoms with van der Waals surface area (Å²) in [4.78, 5) is -0.210. The van der Waals surface area contributed by atoms with Crippen LogP contribution in [0, 0.1) is 34.8 Å². The van der Waals surface area contributed by atoms with Crippen molar-refractivity contribution >= 4 is 10.0 Å². The summed E-state index contributed by atoms with van der Waals surface area (Å²) in [6.07, 6.45) is 7.13. The summed E-state index contributed by atoms with van der Waals surface area (Å²) in [5.74, 6) is 0.00724. The van der Waals surface area contributed by atoms with Crippen LogP contribution in [0.25, 0.3) is 0 Å². The van der Waals surface area contributed by atoms with Crippen LogP contribution in [-0.2, 0) is 10.0 Å². The Balaban J connectivity index is 1.57. The third-order valence-electron chi connectivity index (χ3n) is 6.54. The fraction of sp³-hybridized carbons (Fsp3) is 0.667. The summed E-state index contributed by atoms with van der Waals surface area (Å²) in [6, 6.07) is 2.54. The van der Waals surface area contributed by atoms with Gasteiger partial charge in [-0.3, -0.25) is 0 Å². The number of nitrogens with one attached hydrogen (secondary N) is 1. The molecule has 3 nitrogen and oxygen atoms in total. The maximum absolute atomic E-state index is 13.4. The molecule has 0 radical (unpaired) electrons. The molecule has 132 valence electrons. The first-order chi connectivity index (χ1) is 11.3. The quantitative estimate of drug-likeness (QED) is 0.892. The lowest BCUT2D eigenvalue weighted by atomic mass is 9.48. The molecule has 4 bridgehead atoms. The average molecular weight is 355 g/mol. The highest BCUT2D eigenvalue weighted by Gasteiger charge is 2.53. The molecular weight excluding hydrogens is 332 g/mol. The van der Waals surface area contributed by atoms with Crippen molar-refractivity contribution in [2.75, 3.05) is 0 Å². The topological polar surface area (TPSA) is 46.2 Å². The van der Waals surface area contributed by atoms with Gasteiger partial charge in [0.1, 0.15) is 0 Å². The molecule has 0 unspecified atom stereocenters. The maximum Gasteiger partial charge on any atom is 0.240 e. The first-order valence-corrected chi connectivity index (χ1v) is 10.2. The van der Waals surface area contributed by atoms with Gasteiger partial charge in [-0.2, -0.15) is 0 Å². The van der Waals surface area contributed by atoms with Crippen molar-refractivity contribution in [1.29, 1.82) is 0 Å². The van der Waals surface area contributed by atoms with Gasteiger partial charge >= 0.3 is 0 Å². The lowest BCUT2D eigenvalue weighted by Crippen LogP contribution is -2.55. The minimum Gasteiger partial charge on any atom is -0.208 e. The smallest absolute Gasteiger partial charge is 0.208 e. The number of benzene rings is 1. The summed E-state index contributed by atoms with van der Waals surface area (Å²) in [5.41, 5.74) is 0.0282. The minimum absolute atomic E-state index is 0.0282. The van der Waals surface area contributed by atoms with E-state index < -0.39 is 21.7 Å². The lowest BCUT2D eigenvalue weighted by molar-refractivity contribution is -0.0666. The molecule has 0 saturated heterocycles. The molecule has 0 heterocycles. The van der Waals surface area contributed by atoms with Gasteiger partial charge < -0.3 is 0 Å². The fourth-order valence-electron chi connectivity index (χ4n) is 5.78. The van der Waals surface area contributed by atoms with Crippen LogP contribution in [0.15, 0.2) is 23.1 Å². The Hall–Kier alpha value is -1.01. The Morgan fingerprint density at radius 2 is 1.58 bits per heavy atom. The van der Waals surface area contributed by atoms with Crippen LogP contribution in [0.4, 0.5) is 8.78 Å². The van der Waals surface area contributed by atoms with Crippen LogP contribution < -0.4 is 4.72 Å². The Morgan fingerprint density at radius 3 is 2.08 bits per heavy atom. The van der Waals surface area contributed by atoms with E-state index >= 15 is 0 Å². The molecule has 6 heteroatoms. The van der Waals surface area contributed by atoms with Gasteiger partial charge in [0, 0.05) is 6.04 Å². The second kappa shape index (κ2) is 5.49. The third-order valence-corrected chi connectivity index (χ3v) is 8.08. The van der Waals surface area contributed by atoms with Gasteiger partial charge in [0.2, 0.25) is 10.0 Å². The zero-order valence-corrected chi connectivity index (χ0v) is 14.6. The van der Waals surface area contributed by atoms with E-state index in [1.165, 1.54) is 19.3 Å². The van der Waals surface area contributed by atoms with Crippen molar-refractivity contribution in [1.82, 2.24) is 4.72 Å². The van der Waals surface area contributed by atoms with E-state index in [0.29, 0.717) is 0 Å². The molecule has 4 aliphatic carbocycles. The highest BCUT2D eigenvalue weighted by atomic mass is 32.2. The van der Waals surface area contributed by atoms with E-state index in [0.717, 1.165) is 55.2 Å². The van der Waals surface area contributed by atoms with Crippen LogP contribution in [0.5, 0.6) is 0 Å². The van der Waals surface area contributed by atoms with E-state index in [1.807, 2.05) is 6.92 Å². The molecule has 5 rings (SSSR count).